The van der Waals surface area contributed by atoms with Gasteiger partial charge in [-0.3, -0.25) is 4.90 Å². The highest BCUT2D eigenvalue weighted by atomic mass is 35.5. The van der Waals surface area contributed by atoms with Crippen LogP contribution in [0.5, 0.6) is 0 Å². The molecule has 2 aromatic carbocycles. The van der Waals surface area contributed by atoms with Crippen molar-refractivity contribution in [3.05, 3.63) is 64.9 Å². The number of halogens is 2. The number of aliphatic imine (C=N–C) groups is 1. The smallest absolute Gasteiger partial charge is 0.350 e. The zero-order valence-corrected chi connectivity index (χ0v) is 22.3. The number of likely N-dealkylation sites (tertiary alicyclic amines) is 2. The molecule has 7 heteroatoms. The summed E-state index contributed by atoms with van der Waals surface area (Å²) in [5, 5.41) is 0.741. The molecule has 196 valence electrons. The molecule has 37 heavy (non-hydrogen) atoms. The van der Waals surface area contributed by atoms with E-state index in [1.807, 2.05) is 23.1 Å². The van der Waals surface area contributed by atoms with Crippen molar-refractivity contribution in [3.63, 3.8) is 0 Å². The predicted molar refractivity (Wildman–Crippen MR) is 147 cm³/mol. The van der Waals surface area contributed by atoms with Crippen molar-refractivity contribution in [1.82, 2.24) is 9.80 Å². The van der Waals surface area contributed by atoms with Crippen molar-refractivity contribution < 1.29 is 9.18 Å². The van der Waals surface area contributed by atoms with Crippen LogP contribution in [0.25, 0.3) is 0 Å². The summed E-state index contributed by atoms with van der Waals surface area (Å²) in [6, 6.07) is 14.9. The van der Waals surface area contributed by atoms with Crippen LogP contribution in [0.2, 0.25) is 5.02 Å². The third-order valence-corrected chi connectivity index (χ3v) is 9.38. The Labute approximate surface area is 224 Å². The second-order valence-corrected chi connectivity index (χ2v) is 11.9. The molecule has 6 rings (SSSR count). The highest BCUT2D eigenvalue weighted by Gasteiger charge is 2.56. The van der Waals surface area contributed by atoms with Crippen LogP contribution in [0.4, 0.5) is 14.9 Å². The van der Waals surface area contributed by atoms with Crippen molar-refractivity contribution >= 4 is 29.2 Å². The van der Waals surface area contributed by atoms with E-state index >= 15 is 0 Å². The van der Waals surface area contributed by atoms with Crippen molar-refractivity contribution in [2.24, 2.45) is 10.9 Å². The number of nitrogens with zero attached hydrogens (tertiary/aromatic N) is 4. The number of anilines is 1. The van der Waals surface area contributed by atoms with Crippen molar-refractivity contribution in [2.45, 2.75) is 75.9 Å². The lowest BCUT2D eigenvalue weighted by Crippen LogP contribution is -2.64. The summed E-state index contributed by atoms with van der Waals surface area (Å²) in [6.45, 7) is 5.24. The van der Waals surface area contributed by atoms with Crippen LogP contribution in [-0.2, 0) is 6.42 Å². The molecule has 0 radical (unpaired) electrons. The van der Waals surface area contributed by atoms with Gasteiger partial charge in [-0.1, -0.05) is 36.2 Å². The molecular formula is C30H36ClFN4O. The van der Waals surface area contributed by atoms with Gasteiger partial charge in [-0.2, -0.15) is 4.99 Å². The number of carbonyl (C=O) groups excluding carboxylic acids is 1. The molecule has 0 N–H and O–H groups in total. The van der Waals surface area contributed by atoms with E-state index in [1.165, 1.54) is 37.0 Å². The number of carbonyl (C=O) groups is 1. The molecule has 3 unspecified atom stereocenters. The normalized spacial score (nSPS) is 28.7. The van der Waals surface area contributed by atoms with E-state index in [0.717, 1.165) is 68.5 Å². The first kappa shape index (κ1) is 24.9. The Kier molecular flexibility index (Phi) is 6.74. The Morgan fingerprint density at radius 3 is 2.59 bits per heavy atom. The molecular weight excluding hydrogens is 487 g/mol. The summed E-state index contributed by atoms with van der Waals surface area (Å²) >= 11 is 6.13. The fourth-order valence-electron chi connectivity index (χ4n) is 7.00. The van der Waals surface area contributed by atoms with Gasteiger partial charge >= 0.3 is 6.03 Å². The predicted octanol–water partition coefficient (Wildman–Crippen LogP) is 6.55. The second-order valence-electron chi connectivity index (χ2n) is 11.5. The van der Waals surface area contributed by atoms with Crippen molar-refractivity contribution in [1.29, 1.82) is 0 Å². The maximum Gasteiger partial charge on any atom is 0.350 e. The summed E-state index contributed by atoms with van der Waals surface area (Å²) in [5.41, 5.74) is 1.30. The average molecular weight is 523 g/mol. The second kappa shape index (κ2) is 10.0. The topological polar surface area (TPSA) is 39.1 Å². The van der Waals surface area contributed by atoms with E-state index in [-0.39, 0.29) is 17.9 Å². The molecule has 3 fully saturated rings. The van der Waals surface area contributed by atoms with Gasteiger partial charge in [0.1, 0.15) is 17.2 Å². The Morgan fingerprint density at radius 2 is 1.89 bits per heavy atom. The lowest BCUT2D eigenvalue weighted by atomic mass is 9.78. The molecule has 4 aliphatic rings. The summed E-state index contributed by atoms with van der Waals surface area (Å²) < 4.78 is 14.4. The van der Waals surface area contributed by atoms with Crippen LogP contribution >= 0.6 is 11.6 Å². The summed E-state index contributed by atoms with van der Waals surface area (Å²) in [7, 11) is 0. The molecule has 0 aromatic heterocycles. The number of amidine groups is 1. The molecule has 1 spiro atoms. The number of benzene rings is 2. The van der Waals surface area contributed by atoms with Crippen LogP contribution in [0.3, 0.4) is 0 Å². The van der Waals surface area contributed by atoms with Gasteiger partial charge in [0.2, 0.25) is 0 Å². The molecule has 5 nitrogen and oxygen atoms in total. The Bertz CT molecular complexity index is 1180. The Hall–Kier alpha value is -2.44. The SMILES string of the molecule is CC1CC2(CCN1CC1CCC1)C(N1CCCC1Cc1ccc(Cl)cc1)=NC(=O)N2c1cccc(F)c1. The highest BCUT2D eigenvalue weighted by Crippen LogP contribution is 2.44. The number of hydrogen-bond acceptors (Lipinski definition) is 3. The highest BCUT2D eigenvalue weighted by molar-refractivity contribution is 6.30. The first-order chi connectivity index (χ1) is 17.9. The Morgan fingerprint density at radius 1 is 1.08 bits per heavy atom. The van der Waals surface area contributed by atoms with Gasteiger partial charge in [0.15, 0.2) is 0 Å². The number of urea groups is 1. The quantitative estimate of drug-likeness (QED) is 0.447. The Balaban J connectivity index is 1.32. The largest absolute Gasteiger partial charge is 0.355 e. The van der Waals surface area contributed by atoms with Gasteiger partial charge in [0.25, 0.3) is 0 Å². The molecule has 3 atom stereocenters. The average Bonchev–Trinajstić information content (AvgIpc) is 3.40. The van der Waals surface area contributed by atoms with E-state index in [4.69, 9.17) is 16.6 Å². The van der Waals surface area contributed by atoms with E-state index < -0.39 is 5.54 Å². The summed E-state index contributed by atoms with van der Waals surface area (Å²) in [4.78, 5) is 25.2. The fourth-order valence-corrected chi connectivity index (χ4v) is 7.13. The lowest BCUT2D eigenvalue weighted by Gasteiger charge is -2.51. The molecule has 1 aliphatic carbocycles. The number of piperidine rings is 1. The maximum absolute atomic E-state index is 14.4. The summed E-state index contributed by atoms with van der Waals surface area (Å²) in [5.74, 6) is 1.37. The minimum atomic E-state index is -0.553. The van der Waals surface area contributed by atoms with Gasteiger partial charge < -0.3 is 9.80 Å². The monoisotopic (exact) mass is 522 g/mol. The first-order valence-electron chi connectivity index (χ1n) is 13.9. The fraction of sp³-hybridized carbons (Fsp3) is 0.533. The van der Waals surface area contributed by atoms with Crippen LogP contribution in [0.15, 0.2) is 53.5 Å². The van der Waals surface area contributed by atoms with Gasteiger partial charge in [-0.15, -0.1) is 0 Å². The molecule has 2 saturated heterocycles. The van der Waals surface area contributed by atoms with E-state index in [1.54, 1.807) is 6.07 Å². The molecule has 3 heterocycles. The number of amides is 2. The van der Waals surface area contributed by atoms with Crippen LogP contribution < -0.4 is 4.90 Å². The maximum atomic E-state index is 14.4. The van der Waals surface area contributed by atoms with E-state index in [2.05, 4.69) is 28.9 Å². The number of hydrogen-bond donors (Lipinski definition) is 0. The third-order valence-electron chi connectivity index (χ3n) is 9.12. The van der Waals surface area contributed by atoms with Crippen LogP contribution in [0, 0.1) is 11.7 Å². The van der Waals surface area contributed by atoms with Crippen LogP contribution in [0.1, 0.15) is 57.4 Å². The van der Waals surface area contributed by atoms with E-state index in [9.17, 15) is 9.18 Å². The standard InChI is InChI=1S/C30H36ClFN4O/c1-21-19-30(14-16-34(21)20-23-5-2-6-23)28(33-29(37)36(30)27-8-3-7-25(32)18-27)35-15-4-9-26(35)17-22-10-12-24(31)13-11-22/h3,7-8,10-13,18,21,23,26H,2,4-6,9,14-17,19-20H2,1H3. The molecule has 2 aromatic rings. The lowest BCUT2D eigenvalue weighted by molar-refractivity contribution is 0.0875. The first-order valence-corrected chi connectivity index (χ1v) is 14.2. The zero-order valence-electron chi connectivity index (χ0n) is 21.6. The van der Waals surface area contributed by atoms with Gasteiger partial charge in [-0.05, 0) is 93.7 Å². The van der Waals surface area contributed by atoms with Gasteiger partial charge in [0, 0.05) is 42.4 Å². The molecule has 1 saturated carbocycles. The minimum Gasteiger partial charge on any atom is -0.355 e. The summed E-state index contributed by atoms with van der Waals surface area (Å²) in [6.07, 6.45) is 8.66. The third kappa shape index (κ3) is 4.67. The number of rotatable bonds is 5. The zero-order chi connectivity index (χ0) is 25.6. The molecule has 3 aliphatic heterocycles. The molecule has 0 bridgehead atoms. The van der Waals surface area contributed by atoms with Gasteiger partial charge in [0.05, 0.1) is 0 Å². The minimum absolute atomic E-state index is 0.266. The van der Waals surface area contributed by atoms with E-state index in [0.29, 0.717) is 11.7 Å². The van der Waals surface area contributed by atoms with Crippen LogP contribution in [-0.4, -0.2) is 58.9 Å². The van der Waals surface area contributed by atoms with Crippen molar-refractivity contribution in [2.75, 3.05) is 24.5 Å². The van der Waals surface area contributed by atoms with Gasteiger partial charge in [-0.25, -0.2) is 9.18 Å². The van der Waals surface area contributed by atoms with Crippen molar-refractivity contribution in [3.8, 4) is 0 Å². The molecule has 2 amide bonds.